The predicted molar refractivity (Wildman–Crippen MR) is 91.5 cm³/mol. The first-order valence-corrected chi connectivity index (χ1v) is 8.30. The minimum Gasteiger partial charge on any atom is -0.497 e. The van der Waals surface area contributed by atoms with Gasteiger partial charge in [0.05, 0.1) is 12.8 Å². The van der Waals surface area contributed by atoms with E-state index in [1.165, 1.54) is 11.8 Å². The molecular weight excluding hydrogens is 326 g/mol. The van der Waals surface area contributed by atoms with Crippen molar-refractivity contribution in [3.05, 3.63) is 59.9 Å². The molecule has 0 atom stereocenters. The van der Waals surface area contributed by atoms with E-state index in [-0.39, 0.29) is 17.6 Å². The van der Waals surface area contributed by atoms with Gasteiger partial charge in [-0.25, -0.2) is 5.43 Å². The van der Waals surface area contributed by atoms with Crippen LogP contribution in [0.25, 0.3) is 0 Å². The van der Waals surface area contributed by atoms with Gasteiger partial charge in [-0.3, -0.25) is 9.59 Å². The highest BCUT2D eigenvalue weighted by Crippen LogP contribution is 2.13. The van der Waals surface area contributed by atoms with Gasteiger partial charge in [0.25, 0.3) is 5.24 Å². The highest BCUT2D eigenvalue weighted by molar-refractivity contribution is 8.14. The van der Waals surface area contributed by atoms with Crippen molar-refractivity contribution in [1.29, 1.82) is 0 Å². The molecule has 1 aromatic heterocycles. The predicted octanol–water partition coefficient (Wildman–Crippen LogP) is 2.03. The van der Waals surface area contributed by atoms with Crippen LogP contribution < -0.4 is 14.7 Å². The summed E-state index contributed by atoms with van der Waals surface area (Å²) in [4.78, 5) is 23.4. The van der Waals surface area contributed by atoms with Crippen molar-refractivity contribution in [3.8, 4) is 5.75 Å². The molecule has 6 nitrogen and oxygen atoms in total. The topological polar surface area (TPSA) is 71.6 Å². The van der Waals surface area contributed by atoms with E-state index in [0.29, 0.717) is 11.3 Å². The molecule has 2 heterocycles. The normalized spacial score (nSPS) is 13.9. The standard InChI is InChI=1S/C17H15N3O3S/c1-23-14-4-2-13(3-5-14)16(21)10-20-8-6-12(7-9-20)15-11-24-17(22)19-18-15/h2-9H,10-11H2,1H3/p+1. The SMILES string of the molecule is COc1ccc(C(=O)C[n+]2ccc(C3=NNC(=O)SC3)cc2)cc1. The highest BCUT2D eigenvalue weighted by Gasteiger charge is 2.16. The second-order valence-corrected chi connectivity index (χ2v) is 6.11. The Balaban J connectivity index is 1.67. The van der Waals surface area contributed by atoms with Gasteiger partial charge in [-0.15, -0.1) is 0 Å². The lowest BCUT2D eigenvalue weighted by Crippen LogP contribution is -2.37. The van der Waals surface area contributed by atoms with Crippen LogP contribution in [0.3, 0.4) is 0 Å². The summed E-state index contributed by atoms with van der Waals surface area (Å²) in [6.07, 6.45) is 3.67. The summed E-state index contributed by atoms with van der Waals surface area (Å²) in [5, 5.41) is 3.90. The molecular formula is C17H16N3O3S+. The number of hydrogen-bond acceptors (Lipinski definition) is 5. The molecule has 0 aliphatic carbocycles. The molecule has 2 aromatic rings. The maximum atomic E-state index is 12.3. The molecule has 1 N–H and O–H groups in total. The Kier molecular flexibility index (Phi) is 4.90. The van der Waals surface area contributed by atoms with Crippen LogP contribution in [0, 0.1) is 0 Å². The molecule has 1 aliphatic heterocycles. The number of thioether (sulfide) groups is 1. The number of hydrazone groups is 1. The second-order valence-electron chi connectivity index (χ2n) is 5.16. The molecule has 0 saturated carbocycles. The van der Waals surface area contributed by atoms with E-state index < -0.39 is 0 Å². The van der Waals surface area contributed by atoms with Crippen LogP contribution in [0.5, 0.6) is 5.75 Å². The maximum Gasteiger partial charge on any atom is 0.299 e. The summed E-state index contributed by atoms with van der Waals surface area (Å²) in [5.74, 6) is 1.29. The summed E-state index contributed by atoms with van der Waals surface area (Å²) in [5.41, 5.74) is 4.83. The quantitative estimate of drug-likeness (QED) is 0.667. The molecule has 1 aliphatic rings. The van der Waals surface area contributed by atoms with Gasteiger partial charge in [0, 0.05) is 29.0 Å². The summed E-state index contributed by atoms with van der Waals surface area (Å²) in [7, 11) is 1.59. The lowest BCUT2D eigenvalue weighted by molar-refractivity contribution is -0.683. The van der Waals surface area contributed by atoms with Gasteiger partial charge in [0.2, 0.25) is 12.3 Å². The Labute approximate surface area is 143 Å². The number of aromatic nitrogens is 1. The molecule has 24 heavy (non-hydrogen) atoms. The third-order valence-corrected chi connectivity index (χ3v) is 4.36. The van der Waals surface area contributed by atoms with Crippen molar-refractivity contribution in [3.63, 3.8) is 0 Å². The zero-order valence-corrected chi connectivity index (χ0v) is 13.9. The lowest BCUT2D eigenvalue weighted by Gasteiger charge is -2.10. The van der Waals surface area contributed by atoms with Crippen molar-refractivity contribution >= 4 is 28.5 Å². The van der Waals surface area contributed by atoms with Gasteiger partial charge in [-0.1, -0.05) is 11.8 Å². The van der Waals surface area contributed by atoms with Crippen molar-refractivity contribution < 1.29 is 18.9 Å². The van der Waals surface area contributed by atoms with E-state index in [2.05, 4.69) is 10.5 Å². The van der Waals surface area contributed by atoms with Crippen LogP contribution in [-0.2, 0) is 6.54 Å². The smallest absolute Gasteiger partial charge is 0.299 e. The van der Waals surface area contributed by atoms with Gasteiger partial charge >= 0.3 is 0 Å². The van der Waals surface area contributed by atoms with Crippen molar-refractivity contribution in [2.75, 3.05) is 12.9 Å². The number of nitrogens with one attached hydrogen (secondary N) is 1. The van der Waals surface area contributed by atoms with E-state index in [1.807, 2.05) is 29.1 Å². The molecule has 0 saturated heterocycles. The number of pyridine rings is 1. The van der Waals surface area contributed by atoms with Crippen LogP contribution in [0.2, 0.25) is 0 Å². The van der Waals surface area contributed by atoms with E-state index in [0.717, 1.165) is 17.0 Å². The third kappa shape index (κ3) is 3.80. The minimum absolute atomic E-state index is 0.0215. The van der Waals surface area contributed by atoms with Crippen molar-refractivity contribution in [2.45, 2.75) is 6.54 Å². The Hall–Kier alpha value is -2.67. The molecule has 1 aromatic carbocycles. The lowest BCUT2D eigenvalue weighted by atomic mass is 10.1. The van der Waals surface area contributed by atoms with E-state index in [4.69, 9.17) is 4.74 Å². The number of Topliss-reactive ketones (excluding diaryl/α,β-unsaturated/α-hetero) is 1. The molecule has 3 rings (SSSR count). The summed E-state index contributed by atoms with van der Waals surface area (Å²) < 4.78 is 6.90. The van der Waals surface area contributed by atoms with Gasteiger partial charge in [0.15, 0.2) is 12.4 Å². The first-order chi connectivity index (χ1) is 11.7. The fourth-order valence-electron chi connectivity index (χ4n) is 2.25. The molecule has 1 amide bonds. The van der Waals surface area contributed by atoms with Crippen LogP contribution in [0.4, 0.5) is 4.79 Å². The zero-order valence-electron chi connectivity index (χ0n) is 13.1. The number of ether oxygens (including phenoxy) is 1. The first kappa shape index (κ1) is 16.2. The van der Waals surface area contributed by atoms with Gasteiger partial charge in [0.1, 0.15) is 5.75 Å². The molecule has 0 unspecified atom stereocenters. The van der Waals surface area contributed by atoms with E-state index >= 15 is 0 Å². The number of nitrogens with zero attached hydrogens (tertiary/aromatic N) is 2. The molecule has 0 bridgehead atoms. The third-order valence-electron chi connectivity index (χ3n) is 3.58. The number of methoxy groups -OCH3 is 1. The number of carbonyl (C=O) groups excluding carboxylic acids is 2. The molecule has 0 fully saturated rings. The average molecular weight is 342 g/mol. The minimum atomic E-state index is -0.144. The molecule has 7 heteroatoms. The van der Waals surface area contributed by atoms with Gasteiger partial charge in [-0.05, 0) is 24.3 Å². The number of carbonyl (C=O) groups is 2. The fraction of sp³-hybridized carbons (Fsp3) is 0.176. The number of hydrogen-bond donors (Lipinski definition) is 1. The first-order valence-electron chi connectivity index (χ1n) is 7.32. The number of amides is 1. The largest absolute Gasteiger partial charge is 0.497 e. The Morgan fingerprint density at radius 1 is 1.25 bits per heavy atom. The van der Waals surface area contributed by atoms with Crippen molar-refractivity contribution in [1.82, 2.24) is 5.43 Å². The van der Waals surface area contributed by atoms with Crippen LogP contribution in [-0.4, -0.2) is 29.6 Å². The Bertz CT molecular complexity index is 786. The Morgan fingerprint density at radius 3 is 2.54 bits per heavy atom. The average Bonchev–Trinajstić information content (AvgIpc) is 2.63. The molecule has 122 valence electrons. The number of ketones is 1. The molecule has 0 radical (unpaired) electrons. The van der Waals surface area contributed by atoms with E-state index in [9.17, 15) is 9.59 Å². The number of benzene rings is 1. The fourth-order valence-corrected chi connectivity index (χ4v) is 2.86. The summed E-state index contributed by atoms with van der Waals surface area (Å²) in [6.45, 7) is 0.255. The summed E-state index contributed by atoms with van der Waals surface area (Å²) in [6, 6.07) is 10.8. The summed E-state index contributed by atoms with van der Waals surface area (Å²) >= 11 is 1.18. The maximum absolute atomic E-state index is 12.3. The van der Waals surface area contributed by atoms with Gasteiger partial charge in [-0.2, -0.15) is 9.67 Å². The van der Waals surface area contributed by atoms with Crippen LogP contribution >= 0.6 is 11.8 Å². The van der Waals surface area contributed by atoms with Crippen molar-refractivity contribution in [2.24, 2.45) is 5.10 Å². The van der Waals surface area contributed by atoms with Crippen LogP contribution in [0.1, 0.15) is 15.9 Å². The Morgan fingerprint density at radius 2 is 1.96 bits per heavy atom. The zero-order chi connectivity index (χ0) is 16.9. The van der Waals surface area contributed by atoms with E-state index in [1.54, 1.807) is 31.4 Å². The number of rotatable bonds is 5. The highest BCUT2D eigenvalue weighted by atomic mass is 32.2. The van der Waals surface area contributed by atoms with Crippen LogP contribution in [0.15, 0.2) is 53.9 Å². The monoisotopic (exact) mass is 342 g/mol. The second kappa shape index (κ2) is 7.27. The molecule has 0 spiro atoms. The van der Waals surface area contributed by atoms with Gasteiger partial charge < -0.3 is 4.74 Å².